The number of amides is 1. The van der Waals surface area contributed by atoms with E-state index in [2.05, 4.69) is 5.32 Å². The molecule has 24 heavy (non-hydrogen) atoms. The fourth-order valence-electron chi connectivity index (χ4n) is 2.27. The summed E-state index contributed by atoms with van der Waals surface area (Å²) in [6, 6.07) is 14.6. The SMILES string of the molecule is CCCOc1ccc(C(=O)CCC(=O)Nc2cccc(C)c2)cc1. The Bertz CT molecular complexity index is 692. The summed E-state index contributed by atoms with van der Waals surface area (Å²) in [5.41, 5.74) is 2.43. The van der Waals surface area contributed by atoms with Crippen LogP contribution in [0.2, 0.25) is 0 Å². The predicted octanol–water partition coefficient (Wildman–Crippen LogP) is 4.39. The number of hydrogen-bond donors (Lipinski definition) is 1. The monoisotopic (exact) mass is 325 g/mol. The first-order valence-corrected chi connectivity index (χ1v) is 8.21. The van der Waals surface area contributed by atoms with Crippen molar-refractivity contribution in [1.82, 2.24) is 0 Å². The molecule has 4 heteroatoms. The average molecular weight is 325 g/mol. The van der Waals surface area contributed by atoms with Crippen LogP contribution in [0.3, 0.4) is 0 Å². The highest BCUT2D eigenvalue weighted by molar-refractivity contribution is 6.00. The van der Waals surface area contributed by atoms with Gasteiger partial charge in [0, 0.05) is 24.1 Å². The van der Waals surface area contributed by atoms with E-state index >= 15 is 0 Å². The fourth-order valence-corrected chi connectivity index (χ4v) is 2.27. The number of benzene rings is 2. The van der Waals surface area contributed by atoms with E-state index in [0.29, 0.717) is 12.2 Å². The Morgan fingerprint density at radius 1 is 1.04 bits per heavy atom. The first-order chi connectivity index (χ1) is 11.6. The topological polar surface area (TPSA) is 55.4 Å². The molecule has 0 unspecified atom stereocenters. The summed E-state index contributed by atoms with van der Waals surface area (Å²) in [5.74, 6) is 0.555. The number of hydrogen-bond acceptors (Lipinski definition) is 3. The zero-order valence-corrected chi connectivity index (χ0v) is 14.2. The lowest BCUT2D eigenvalue weighted by Crippen LogP contribution is -2.13. The molecule has 0 aliphatic heterocycles. The van der Waals surface area contributed by atoms with Crippen molar-refractivity contribution in [3.8, 4) is 5.75 Å². The second kappa shape index (κ2) is 8.87. The van der Waals surface area contributed by atoms with Gasteiger partial charge < -0.3 is 10.1 Å². The van der Waals surface area contributed by atoms with E-state index in [-0.39, 0.29) is 24.5 Å². The molecule has 0 saturated heterocycles. The summed E-state index contributed by atoms with van der Waals surface area (Å²) in [7, 11) is 0. The van der Waals surface area contributed by atoms with Crippen LogP contribution in [0.15, 0.2) is 48.5 Å². The molecule has 0 radical (unpaired) electrons. The second-order valence-electron chi connectivity index (χ2n) is 5.71. The van der Waals surface area contributed by atoms with Gasteiger partial charge in [-0.2, -0.15) is 0 Å². The van der Waals surface area contributed by atoms with Gasteiger partial charge in [-0.25, -0.2) is 0 Å². The van der Waals surface area contributed by atoms with E-state index < -0.39 is 0 Å². The highest BCUT2D eigenvalue weighted by Crippen LogP contribution is 2.15. The number of ether oxygens (including phenoxy) is 1. The maximum Gasteiger partial charge on any atom is 0.224 e. The molecule has 1 N–H and O–H groups in total. The van der Waals surface area contributed by atoms with Crippen LogP contribution in [0.1, 0.15) is 42.1 Å². The molecule has 0 saturated carbocycles. The Morgan fingerprint density at radius 3 is 2.46 bits per heavy atom. The average Bonchev–Trinajstić information content (AvgIpc) is 2.58. The molecule has 0 aromatic heterocycles. The molecular formula is C20H23NO3. The molecule has 126 valence electrons. The number of aryl methyl sites for hydroxylation is 1. The quantitative estimate of drug-likeness (QED) is 0.733. The van der Waals surface area contributed by atoms with Gasteiger partial charge in [0.05, 0.1) is 6.61 Å². The predicted molar refractivity (Wildman–Crippen MR) is 95.6 cm³/mol. The number of rotatable bonds is 8. The molecule has 4 nitrogen and oxygen atoms in total. The van der Waals surface area contributed by atoms with E-state index in [1.165, 1.54) is 0 Å². The van der Waals surface area contributed by atoms with Crippen LogP contribution in [0.5, 0.6) is 5.75 Å². The number of ketones is 1. The highest BCUT2D eigenvalue weighted by atomic mass is 16.5. The van der Waals surface area contributed by atoms with Gasteiger partial charge in [0.1, 0.15) is 5.75 Å². The molecule has 0 atom stereocenters. The Morgan fingerprint density at radius 2 is 1.79 bits per heavy atom. The third kappa shape index (κ3) is 5.54. The summed E-state index contributed by atoms with van der Waals surface area (Å²) >= 11 is 0. The Labute approximate surface area is 142 Å². The van der Waals surface area contributed by atoms with Gasteiger partial charge in [0.15, 0.2) is 5.78 Å². The molecule has 0 heterocycles. The van der Waals surface area contributed by atoms with Crippen molar-refractivity contribution in [3.05, 3.63) is 59.7 Å². The van der Waals surface area contributed by atoms with Crippen LogP contribution in [-0.4, -0.2) is 18.3 Å². The molecule has 2 rings (SSSR count). The smallest absolute Gasteiger partial charge is 0.224 e. The summed E-state index contributed by atoms with van der Waals surface area (Å²) in [4.78, 5) is 24.1. The lowest BCUT2D eigenvalue weighted by Gasteiger charge is -2.07. The highest BCUT2D eigenvalue weighted by Gasteiger charge is 2.10. The van der Waals surface area contributed by atoms with Gasteiger partial charge in [-0.3, -0.25) is 9.59 Å². The number of carbonyl (C=O) groups is 2. The minimum atomic E-state index is -0.156. The third-order valence-electron chi connectivity index (χ3n) is 3.53. The summed E-state index contributed by atoms with van der Waals surface area (Å²) < 4.78 is 5.49. The normalized spacial score (nSPS) is 10.2. The number of anilines is 1. The summed E-state index contributed by atoms with van der Waals surface area (Å²) in [5, 5.41) is 2.81. The summed E-state index contributed by atoms with van der Waals surface area (Å²) in [6.45, 7) is 4.67. The number of nitrogens with one attached hydrogen (secondary N) is 1. The van der Waals surface area contributed by atoms with Gasteiger partial charge in [-0.15, -0.1) is 0 Å². The zero-order valence-electron chi connectivity index (χ0n) is 14.2. The summed E-state index contributed by atoms with van der Waals surface area (Å²) in [6.07, 6.45) is 1.30. The molecule has 0 fully saturated rings. The van der Waals surface area contributed by atoms with Crippen molar-refractivity contribution in [3.63, 3.8) is 0 Å². The zero-order chi connectivity index (χ0) is 17.4. The fraction of sp³-hybridized carbons (Fsp3) is 0.300. The van der Waals surface area contributed by atoms with E-state index in [0.717, 1.165) is 23.4 Å². The minimum Gasteiger partial charge on any atom is -0.494 e. The molecule has 0 spiro atoms. The Kier molecular flexibility index (Phi) is 6.55. The van der Waals surface area contributed by atoms with Gasteiger partial charge in [0.25, 0.3) is 0 Å². The van der Waals surface area contributed by atoms with Crippen molar-refractivity contribution in [2.24, 2.45) is 0 Å². The molecule has 0 aliphatic carbocycles. The van der Waals surface area contributed by atoms with Gasteiger partial charge in [-0.05, 0) is 55.3 Å². The van der Waals surface area contributed by atoms with Crippen LogP contribution in [0.4, 0.5) is 5.69 Å². The van der Waals surface area contributed by atoms with Crippen molar-refractivity contribution >= 4 is 17.4 Å². The minimum absolute atomic E-state index is 0.0450. The standard InChI is InChI=1S/C20H23NO3/c1-3-13-24-18-9-7-16(8-10-18)19(22)11-12-20(23)21-17-6-4-5-15(2)14-17/h4-10,14H,3,11-13H2,1-2H3,(H,21,23). The van der Waals surface area contributed by atoms with Crippen LogP contribution in [0.25, 0.3) is 0 Å². The first kappa shape index (κ1) is 17.7. The van der Waals surface area contributed by atoms with Gasteiger partial charge >= 0.3 is 0 Å². The van der Waals surface area contributed by atoms with E-state index in [1.807, 2.05) is 38.1 Å². The largest absolute Gasteiger partial charge is 0.494 e. The van der Waals surface area contributed by atoms with Gasteiger partial charge in [-0.1, -0.05) is 19.1 Å². The lowest BCUT2D eigenvalue weighted by molar-refractivity contribution is -0.116. The molecular weight excluding hydrogens is 302 g/mol. The maximum atomic E-state index is 12.2. The van der Waals surface area contributed by atoms with E-state index in [9.17, 15) is 9.59 Å². The molecule has 2 aromatic carbocycles. The molecule has 1 amide bonds. The van der Waals surface area contributed by atoms with Crippen LogP contribution < -0.4 is 10.1 Å². The van der Waals surface area contributed by atoms with Crippen LogP contribution in [0, 0.1) is 6.92 Å². The van der Waals surface area contributed by atoms with E-state index in [1.54, 1.807) is 24.3 Å². The second-order valence-corrected chi connectivity index (χ2v) is 5.71. The Hall–Kier alpha value is -2.62. The lowest BCUT2D eigenvalue weighted by atomic mass is 10.1. The van der Waals surface area contributed by atoms with Crippen molar-refractivity contribution in [2.45, 2.75) is 33.1 Å². The van der Waals surface area contributed by atoms with Crippen LogP contribution in [-0.2, 0) is 4.79 Å². The van der Waals surface area contributed by atoms with Gasteiger partial charge in [0.2, 0.25) is 5.91 Å². The number of Topliss-reactive ketones (excluding diaryl/α,β-unsaturated/α-hetero) is 1. The first-order valence-electron chi connectivity index (χ1n) is 8.21. The maximum absolute atomic E-state index is 12.2. The van der Waals surface area contributed by atoms with E-state index in [4.69, 9.17) is 4.74 Å². The molecule has 0 bridgehead atoms. The van der Waals surface area contributed by atoms with Crippen LogP contribution >= 0.6 is 0 Å². The third-order valence-corrected chi connectivity index (χ3v) is 3.53. The van der Waals surface area contributed by atoms with Crippen molar-refractivity contribution in [2.75, 3.05) is 11.9 Å². The molecule has 2 aromatic rings. The van der Waals surface area contributed by atoms with Crippen molar-refractivity contribution < 1.29 is 14.3 Å². The van der Waals surface area contributed by atoms with Crippen molar-refractivity contribution in [1.29, 1.82) is 0 Å². The Balaban J connectivity index is 1.82. The molecule has 0 aliphatic rings. The number of carbonyl (C=O) groups excluding carboxylic acids is 2.